The summed E-state index contributed by atoms with van der Waals surface area (Å²) in [5.74, 6) is 0. The van der Waals surface area contributed by atoms with Crippen LogP contribution < -0.4 is 0 Å². The van der Waals surface area contributed by atoms with Crippen LogP contribution in [0.25, 0.3) is 0 Å². The van der Waals surface area contributed by atoms with Crippen molar-refractivity contribution >= 4 is 0 Å². The van der Waals surface area contributed by atoms with Crippen LogP contribution >= 0.6 is 0 Å². The molecule has 0 saturated carbocycles. The first-order chi connectivity index (χ1) is 6.45. The van der Waals surface area contributed by atoms with Crippen molar-refractivity contribution in [2.24, 2.45) is 0 Å². The van der Waals surface area contributed by atoms with Crippen LogP contribution in [-0.4, -0.2) is 35.2 Å². The number of rotatable bonds is 3. The van der Waals surface area contributed by atoms with Gasteiger partial charge in [0.1, 0.15) is 0 Å². The van der Waals surface area contributed by atoms with Crippen LogP contribution in [0.1, 0.15) is 55.4 Å². The molecule has 2 nitrogen and oxygen atoms in total. The first-order valence-electron chi connectivity index (χ1n) is 5.86. The zero-order valence-corrected chi connectivity index (χ0v) is 12.0. The van der Waals surface area contributed by atoms with Crippen molar-refractivity contribution in [3.05, 3.63) is 0 Å². The normalized spacial score (nSPS) is 18.0. The van der Waals surface area contributed by atoms with E-state index in [0.717, 1.165) is 0 Å². The molecule has 0 saturated heterocycles. The molecule has 0 heterocycles. The Morgan fingerprint density at radius 1 is 0.933 bits per heavy atom. The van der Waals surface area contributed by atoms with Crippen LogP contribution in [0.15, 0.2) is 0 Å². The molecule has 92 valence electrons. The number of ether oxygens (including phenoxy) is 1. The number of nitrogens with zero attached hydrogens (tertiary/aromatic N) is 1. The zero-order valence-electron chi connectivity index (χ0n) is 12.0. The van der Waals surface area contributed by atoms with Crippen LogP contribution in [0.5, 0.6) is 0 Å². The van der Waals surface area contributed by atoms with Gasteiger partial charge in [-0.15, -0.1) is 0 Å². The third-order valence-electron chi connectivity index (χ3n) is 2.89. The van der Waals surface area contributed by atoms with Gasteiger partial charge in [0.15, 0.2) is 0 Å². The molecule has 0 spiro atoms. The molecule has 0 aromatic rings. The summed E-state index contributed by atoms with van der Waals surface area (Å²) < 4.78 is 5.97. The molecular weight excluding hydrogens is 186 g/mol. The van der Waals surface area contributed by atoms with E-state index in [2.05, 4.69) is 67.3 Å². The van der Waals surface area contributed by atoms with Gasteiger partial charge in [0.2, 0.25) is 0 Å². The summed E-state index contributed by atoms with van der Waals surface area (Å²) in [6.45, 7) is 17.4. The Labute approximate surface area is 96.0 Å². The molecule has 0 aromatic heterocycles. The molecule has 2 heteroatoms. The Hall–Kier alpha value is -0.0800. The lowest BCUT2D eigenvalue weighted by molar-refractivity contribution is -0.0909. The quantitative estimate of drug-likeness (QED) is 0.716. The smallest absolute Gasteiger partial charge is 0.0706 e. The maximum absolute atomic E-state index is 5.97. The molecule has 0 aliphatic heterocycles. The molecule has 0 bridgehead atoms. The topological polar surface area (TPSA) is 12.5 Å². The van der Waals surface area contributed by atoms with E-state index in [1.807, 2.05) is 0 Å². The minimum absolute atomic E-state index is 0.0631. The summed E-state index contributed by atoms with van der Waals surface area (Å²) in [4.78, 5) is 2.36. The van der Waals surface area contributed by atoms with Crippen molar-refractivity contribution in [3.8, 4) is 0 Å². The maximum atomic E-state index is 5.97. The average molecular weight is 215 g/mol. The Kier molecular flexibility index (Phi) is 4.81. The highest BCUT2D eigenvalue weighted by Crippen LogP contribution is 2.20. The molecule has 0 aliphatic carbocycles. The standard InChI is InChI=1S/C13H29NO/c1-10(14(9)12(3,4)5)11(2)15-13(6,7)8/h10-11H,1-9H3/t10-,11+/m1/s1. The average Bonchev–Trinajstić information content (AvgIpc) is 1.96. The predicted octanol–water partition coefficient (Wildman–Crippen LogP) is 3.31. The maximum Gasteiger partial charge on any atom is 0.0706 e. The number of hydrogen-bond acceptors (Lipinski definition) is 2. The lowest BCUT2D eigenvalue weighted by atomic mass is 10.0. The van der Waals surface area contributed by atoms with Crippen molar-refractivity contribution in [1.82, 2.24) is 4.90 Å². The van der Waals surface area contributed by atoms with Gasteiger partial charge in [-0.2, -0.15) is 0 Å². The lowest BCUT2D eigenvalue weighted by Crippen LogP contribution is -2.50. The van der Waals surface area contributed by atoms with Gasteiger partial charge < -0.3 is 4.74 Å². The first kappa shape index (κ1) is 14.9. The van der Waals surface area contributed by atoms with Gasteiger partial charge in [-0.25, -0.2) is 0 Å². The summed E-state index contributed by atoms with van der Waals surface area (Å²) in [5.41, 5.74) is 0.126. The Balaban J connectivity index is 4.39. The van der Waals surface area contributed by atoms with Crippen LogP contribution in [0.4, 0.5) is 0 Å². The third kappa shape index (κ3) is 5.53. The molecule has 0 aromatic carbocycles. The molecular formula is C13H29NO. The van der Waals surface area contributed by atoms with E-state index >= 15 is 0 Å². The van der Waals surface area contributed by atoms with E-state index in [0.29, 0.717) is 6.04 Å². The van der Waals surface area contributed by atoms with Gasteiger partial charge in [0, 0.05) is 11.6 Å². The Bertz CT molecular complexity index is 188. The highest BCUT2D eigenvalue weighted by atomic mass is 16.5. The SMILES string of the molecule is C[C@H](OC(C)(C)C)[C@@H](C)N(C)C(C)(C)C. The molecule has 0 aliphatic rings. The number of hydrogen-bond donors (Lipinski definition) is 0. The third-order valence-corrected chi connectivity index (χ3v) is 2.89. The monoisotopic (exact) mass is 215 g/mol. The Morgan fingerprint density at radius 3 is 1.60 bits per heavy atom. The van der Waals surface area contributed by atoms with E-state index in [4.69, 9.17) is 4.74 Å². The second-order valence-electron chi connectivity index (χ2n) is 6.46. The van der Waals surface area contributed by atoms with Crippen molar-refractivity contribution in [1.29, 1.82) is 0 Å². The second-order valence-corrected chi connectivity index (χ2v) is 6.46. The fourth-order valence-corrected chi connectivity index (χ4v) is 1.58. The van der Waals surface area contributed by atoms with Crippen LogP contribution in [-0.2, 0) is 4.74 Å². The van der Waals surface area contributed by atoms with E-state index in [1.165, 1.54) is 0 Å². The van der Waals surface area contributed by atoms with Crippen molar-refractivity contribution in [3.63, 3.8) is 0 Å². The molecule has 2 atom stereocenters. The summed E-state index contributed by atoms with van der Waals surface area (Å²) >= 11 is 0. The van der Waals surface area contributed by atoms with Crippen LogP contribution in [0.2, 0.25) is 0 Å². The minimum Gasteiger partial charge on any atom is -0.371 e. The van der Waals surface area contributed by atoms with Gasteiger partial charge in [-0.05, 0) is 62.4 Å². The highest BCUT2D eigenvalue weighted by Gasteiger charge is 2.28. The minimum atomic E-state index is -0.0631. The largest absolute Gasteiger partial charge is 0.371 e. The first-order valence-corrected chi connectivity index (χ1v) is 5.86. The zero-order chi connectivity index (χ0) is 12.4. The van der Waals surface area contributed by atoms with Crippen molar-refractivity contribution < 1.29 is 4.74 Å². The van der Waals surface area contributed by atoms with E-state index in [9.17, 15) is 0 Å². The summed E-state index contributed by atoms with van der Waals surface area (Å²) in [6.07, 6.45) is 0.245. The van der Waals surface area contributed by atoms with Gasteiger partial charge in [0.25, 0.3) is 0 Å². The van der Waals surface area contributed by atoms with Gasteiger partial charge in [0.05, 0.1) is 11.7 Å². The summed E-state index contributed by atoms with van der Waals surface area (Å²) in [7, 11) is 2.16. The van der Waals surface area contributed by atoms with Crippen molar-refractivity contribution in [2.75, 3.05) is 7.05 Å². The molecule has 0 unspecified atom stereocenters. The Morgan fingerprint density at radius 2 is 1.33 bits per heavy atom. The van der Waals surface area contributed by atoms with E-state index in [-0.39, 0.29) is 17.2 Å². The molecule has 0 amide bonds. The molecule has 0 radical (unpaired) electrons. The molecule has 0 rings (SSSR count). The van der Waals surface area contributed by atoms with E-state index in [1.54, 1.807) is 0 Å². The fourth-order valence-electron chi connectivity index (χ4n) is 1.58. The van der Waals surface area contributed by atoms with Crippen LogP contribution in [0, 0.1) is 0 Å². The van der Waals surface area contributed by atoms with Gasteiger partial charge in [-0.3, -0.25) is 4.90 Å². The van der Waals surface area contributed by atoms with Crippen LogP contribution in [0.3, 0.4) is 0 Å². The lowest BCUT2D eigenvalue weighted by Gasteiger charge is -2.41. The second kappa shape index (κ2) is 4.84. The van der Waals surface area contributed by atoms with Gasteiger partial charge >= 0.3 is 0 Å². The van der Waals surface area contributed by atoms with E-state index < -0.39 is 0 Å². The fraction of sp³-hybridized carbons (Fsp3) is 1.00. The summed E-state index contributed by atoms with van der Waals surface area (Å²) in [5, 5.41) is 0. The molecule has 15 heavy (non-hydrogen) atoms. The number of likely N-dealkylation sites (N-methyl/N-ethyl adjacent to an activating group) is 1. The summed E-state index contributed by atoms with van der Waals surface area (Å²) in [6, 6.07) is 0.421. The van der Waals surface area contributed by atoms with Crippen molar-refractivity contribution in [2.45, 2.75) is 78.7 Å². The highest BCUT2D eigenvalue weighted by molar-refractivity contribution is 4.82. The molecule has 0 N–H and O–H groups in total. The predicted molar refractivity (Wildman–Crippen MR) is 67.3 cm³/mol. The molecule has 0 fully saturated rings. The van der Waals surface area contributed by atoms with Gasteiger partial charge in [-0.1, -0.05) is 0 Å².